The first kappa shape index (κ1) is 17.0. The van der Waals surface area contributed by atoms with E-state index in [1.165, 1.54) is 4.31 Å². The Hall–Kier alpha value is -1.32. The van der Waals surface area contributed by atoms with Crippen molar-refractivity contribution in [2.45, 2.75) is 30.2 Å². The van der Waals surface area contributed by atoms with Gasteiger partial charge in [-0.2, -0.15) is 4.31 Å². The number of methoxy groups -OCH3 is 1. The minimum atomic E-state index is -4.80. The summed E-state index contributed by atoms with van der Waals surface area (Å²) in [5, 5.41) is 0. The van der Waals surface area contributed by atoms with Crippen LogP contribution in [0.15, 0.2) is 29.2 Å². The lowest BCUT2D eigenvalue weighted by Gasteiger charge is -2.30. The van der Waals surface area contributed by atoms with Crippen molar-refractivity contribution >= 4 is 10.0 Å². The summed E-state index contributed by atoms with van der Waals surface area (Å²) in [6, 6.07) is 4.20. The molecule has 1 heterocycles. The summed E-state index contributed by atoms with van der Waals surface area (Å²) in [6.07, 6.45) is -3.59. The lowest BCUT2D eigenvalue weighted by atomic mass is 10.1. The summed E-state index contributed by atoms with van der Waals surface area (Å²) >= 11 is 0. The van der Waals surface area contributed by atoms with Crippen LogP contribution in [0.25, 0.3) is 0 Å². The topological polar surface area (TPSA) is 55.8 Å². The second kappa shape index (κ2) is 6.43. The van der Waals surface area contributed by atoms with Gasteiger partial charge in [0.15, 0.2) is 0 Å². The third-order valence-electron chi connectivity index (χ3n) is 3.43. The normalized spacial score (nSPS) is 18.4. The maximum absolute atomic E-state index is 12.4. The van der Waals surface area contributed by atoms with Crippen molar-refractivity contribution in [1.82, 2.24) is 4.31 Å². The number of ether oxygens (including phenoxy) is 2. The molecule has 0 aliphatic carbocycles. The zero-order valence-electron chi connectivity index (χ0n) is 11.8. The highest BCUT2D eigenvalue weighted by Gasteiger charge is 2.32. The van der Waals surface area contributed by atoms with E-state index in [-0.39, 0.29) is 11.0 Å². The first-order valence-corrected chi connectivity index (χ1v) is 8.05. The highest BCUT2D eigenvalue weighted by molar-refractivity contribution is 7.89. The van der Waals surface area contributed by atoms with E-state index in [4.69, 9.17) is 4.74 Å². The van der Waals surface area contributed by atoms with Crippen LogP contribution < -0.4 is 4.74 Å². The Morgan fingerprint density at radius 3 is 2.14 bits per heavy atom. The van der Waals surface area contributed by atoms with E-state index >= 15 is 0 Å². The average Bonchev–Trinajstić information content (AvgIpc) is 2.46. The highest BCUT2D eigenvalue weighted by atomic mass is 32.2. The number of piperidine rings is 1. The van der Waals surface area contributed by atoms with Crippen molar-refractivity contribution in [3.63, 3.8) is 0 Å². The largest absolute Gasteiger partial charge is 0.573 e. The Balaban J connectivity index is 2.10. The molecule has 5 nitrogen and oxygen atoms in total. The van der Waals surface area contributed by atoms with E-state index in [2.05, 4.69) is 4.74 Å². The van der Waals surface area contributed by atoms with Crippen LogP contribution in [-0.4, -0.2) is 45.4 Å². The summed E-state index contributed by atoms with van der Waals surface area (Å²) in [5.74, 6) is -0.454. The molecule has 9 heteroatoms. The molecular formula is C13H16F3NO4S. The van der Waals surface area contributed by atoms with Crippen LogP contribution in [0, 0.1) is 0 Å². The van der Waals surface area contributed by atoms with Crippen LogP contribution in [0.1, 0.15) is 12.8 Å². The van der Waals surface area contributed by atoms with E-state index < -0.39 is 22.1 Å². The van der Waals surface area contributed by atoms with Gasteiger partial charge in [-0.05, 0) is 37.1 Å². The molecule has 1 aliphatic rings. The van der Waals surface area contributed by atoms with Crippen LogP contribution in [0.3, 0.4) is 0 Å². The molecular weight excluding hydrogens is 323 g/mol. The van der Waals surface area contributed by atoms with Crippen molar-refractivity contribution in [2.24, 2.45) is 0 Å². The van der Waals surface area contributed by atoms with Gasteiger partial charge in [0.05, 0.1) is 11.0 Å². The van der Waals surface area contributed by atoms with Gasteiger partial charge in [0.2, 0.25) is 10.0 Å². The van der Waals surface area contributed by atoms with Gasteiger partial charge < -0.3 is 9.47 Å². The van der Waals surface area contributed by atoms with Gasteiger partial charge in [-0.25, -0.2) is 8.42 Å². The predicted octanol–water partition coefficient (Wildman–Crippen LogP) is 2.38. The first-order chi connectivity index (χ1) is 10.2. The number of hydrogen-bond acceptors (Lipinski definition) is 4. The molecule has 0 radical (unpaired) electrons. The van der Waals surface area contributed by atoms with Gasteiger partial charge in [-0.1, -0.05) is 0 Å². The van der Waals surface area contributed by atoms with E-state index in [9.17, 15) is 21.6 Å². The lowest BCUT2D eigenvalue weighted by Crippen LogP contribution is -2.40. The number of sulfonamides is 1. The van der Waals surface area contributed by atoms with Crippen molar-refractivity contribution in [2.75, 3.05) is 20.2 Å². The number of benzene rings is 1. The van der Waals surface area contributed by atoms with Crippen molar-refractivity contribution < 1.29 is 31.1 Å². The minimum Gasteiger partial charge on any atom is -0.406 e. The molecule has 0 atom stereocenters. The Morgan fingerprint density at radius 1 is 1.14 bits per heavy atom. The number of hydrogen-bond donors (Lipinski definition) is 0. The third-order valence-corrected chi connectivity index (χ3v) is 5.34. The molecule has 1 saturated heterocycles. The lowest BCUT2D eigenvalue weighted by molar-refractivity contribution is -0.274. The maximum Gasteiger partial charge on any atom is 0.573 e. The zero-order chi connectivity index (χ0) is 16.4. The molecule has 124 valence electrons. The SMILES string of the molecule is COC1CCN(S(=O)(=O)c2ccc(OC(F)(F)F)cc2)CC1. The Kier molecular flexibility index (Phi) is 4.98. The van der Waals surface area contributed by atoms with Gasteiger partial charge >= 0.3 is 6.36 Å². The number of halogens is 3. The van der Waals surface area contributed by atoms with Gasteiger partial charge in [0.1, 0.15) is 5.75 Å². The summed E-state index contributed by atoms with van der Waals surface area (Å²) in [5.41, 5.74) is 0. The monoisotopic (exact) mass is 339 g/mol. The number of nitrogens with zero attached hydrogens (tertiary/aromatic N) is 1. The van der Waals surface area contributed by atoms with Crippen LogP contribution >= 0.6 is 0 Å². The predicted molar refractivity (Wildman–Crippen MR) is 71.9 cm³/mol. The second-order valence-corrected chi connectivity index (χ2v) is 6.80. The molecule has 0 N–H and O–H groups in total. The molecule has 2 rings (SSSR count). The number of rotatable bonds is 4. The van der Waals surface area contributed by atoms with E-state index in [0.29, 0.717) is 25.9 Å². The Morgan fingerprint density at radius 2 is 1.68 bits per heavy atom. The van der Waals surface area contributed by atoms with E-state index in [1.807, 2.05) is 0 Å². The van der Waals surface area contributed by atoms with Crippen LogP contribution in [0.5, 0.6) is 5.75 Å². The molecule has 0 spiro atoms. The fraction of sp³-hybridized carbons (Fsp3) is 0.538. The van der Waals surface area contributed by atoms with Crippen LogP contribution in [0.2, 0.25) is 0 Å². The fourth-order valence-electron chi connectivity index (χ4n) is 2.27. The van der Waals surface area contributed by atoms with E-state index in [1.54, 1.807) is 7.11 Å². The molecule has 1 aliphatic heterocycles. The molecule has 1 aromatic carbocycles. The van der Waals surface area contributed by atoms with Gasteiger partial charge in [0, 0.05) is 20.2 Å². The van der Waals surface area contributed by atoms with Gasteiger partial charge in [-0.3, -0.25) is 0 Å². The minimum absolute atomic E-state index is 0.0361. The zero-order valence-corrected chi connectivity index (χ0v) is 12.7. The quantitative estimate of drug-likeness (QED) is 0.845. The molecule has 0 bridgehead atoms. The molecule has 0 saturated carbocycles. The second-order valence-electron chi connectivity index (χ2n) is 4.86. The number of alkyl halides is 3. The van der Waals surface area contributed by atoms with Crippen molar-refractivity contribution in [3.05, 3.63) is 24.3 Å². The average molecular weight is 339 g/mol. The van der Waals surface area contributed by atoms with E-state index in [0.717, 1.165) is 24.3 Å². The summed E-state index contributed by atoms with van der Waals surface area (Å²) in [6.45, 7) is 0.642. The fourth-order valence-corrected chi connectivity index (χ4v) is 3.74. The first-order valence-electron chi connectivity index (χ1n) is 6.61. The summed E-state index contributed by atoms with van der Waals surface area (Å²) in [7, 11) is -2.14. The molecule has 0 amide bonds. The smallest absolute Gasteiger partial charge is 0.406 e. The summed E-state index contributed by atoms with van der Waals surface area (Å²) in [4.78, 5) is -0.0575. The molecule has 0 aromatic heterocycles. The Labute approximate surface area is 126 Å². The Bertz CT molecular complexity index is 593. The molecule has 0 unspecified atom stereocenters. The van der Waals surface area contributed by atoms with Gasteiger partial charge in [0.25, 0.3) is 0 Å². The molecule has 1 fully saturated rings. The van der Waals surface area contributed by atoms with Crippen LogP contribution in [-0.2, 0) is 14.8 Å². The standard InChI is InChI=1S/C13H16F3NO4S/c1-20-10-6-8-17(9-7-10)22(18,19)12-4-2-11(3-5-12)21-13(14,15)16/h2-5,10H,6-9H2,1H3. The van der Waals surface area contributed by atoms with Crippen molar-refractivity contribution in [3.8, 4) is 5.75 Å². The summed E-state index contributed by atoms with van der Waals surface area (Å²) < 4.78 is 71.2. The van der Waals surface area contributed by atoms with Crippen LogP contribution in [0.4, 0.5) is 13.2 Å². The maximum atomic E-state index is 12.4. The van der Waals surface area contributed by atoms with Gasteiger partial charge in [-0.15, -0.1) is 13.2 Å². The van der Waals surface area contributed by atoms with Crippen molar-refractivity contribution in [1.29, 1.82) is 0 Å². The molecule has 22 heavy (non-hydrogen) atoms. The highest BCUT2D eigenvalue weighted by Crippen LogP contribution is 2.26. The third kappa shape index (κ3) is 4.11. The molecule has 1 aromatic rings.